The maximum absolute atomic E-state index is 13.0. The first-order valence-electron chi connectivity index (χ1n) is 6.23. The Balaban J connectivity index is 2.46. The molecule has 2 aromatic rings. The van der Waals surface area contributed by atoms with E-state index in [2.05, 4.69) is 10.3 Å². The van der Waals surface area contributed by atoms with Gasteiger partial charge in [-0.3, -0.25) is 0 Å². The zero-order chi connectivity index (χ0) is 15.6. The van der Waals surface area contributed by atoms with Crippen molar-refractivity contribution >= 4 is 17.7 Å². The van der Waals surface area contributed by atoms with Gasteiger partial charge in [0.2, 0.25) is 0 Å². The SMILES string of the molecule is CC(C)(NC(=O)O)c1cc(-c2ccc(F)cc2)cc(Cl)n1. The van der Waals surface area contributed by atoms with Crippen LogP contribution in [0.3, 0.4) is 0 Å². The van der Waals surface area contributed by atoms with Crippen LogP contribution in [-0.2, 0) is 5.54 Å². The Bertz CT molecular complexity index is 672. The van der Waals surface area contributed by atoms with Crippen molar-refractivity contribution in [1.82, 2.24) is 10.3 Å². The highest BCUT2D eigenvalue weighted by Crippen LogP contribution is 2.27. The van der Waals surface area contributed by atoms with Gasteiger partial charge in [-0.1, -0.05) is 23.7 Å². The molecule has 0 aliphatic heterocycles. The molecule has 1 aromatic carbocycles. The average Bonchev–Trinajstić information content (AvgIpc) is 2.37. The highest BCUT2D eigenvalue weighted by molar-refractivity contribution is 6.29. The molecule has 21 heavy (non-hydrogen) atoms. The monoisotopic (exact) mass is 308 g/mol. The number of carbonyl (C=O) groups is 1. The van der Waals surface area contributed by atoms with Crippen LogP contribution in [0.2, 0.25) is 5.15 Å². The Kier molecular flexibility index (Phi) is 4.14. The van der Waals surface area contributed by atoms with Crippen LogP contribution < -0.4 is 5.32 Å². The number of rotatable bonds is 3. The third-order valence-corrected chi connectivity index (χ3v) is 3.23. The van der Waals surface area contributed by atoms with E-state index in [9.17, 15) is 9.18 Å². The predicted octanol–water partition coefficient (Wildman–Crippen LogP) is 4.04. The summed E-state index contributed by atoms with van der Waals surface area (Å²) in [6.07, 6.45) is -1.15. The normalized spacial score (nSPS) is 11.2. The van der Waals surface area contributed by atoms with E-state index in [1.807, 2.05) is 0 Å². The van der Waals surface area contributed by atoms with E-state index in [-0.39, 0.29) is 11.0 Å². The number of halogens is 2. The average molecular weight is 309 g/mol. The van der Waals surface area contributed by atoms with Gasteiger partial charge < -0.3 is 10.4 Å². The maximum atomic E-state index is 13.0. The second-order valence-corrected chi connectivity index (χ2v) is 5.51. The third-order valence-electron chi connectivity index (χ3n) is 3.03. The Hall–Kier alpha value is -2.14. The Morgan fingerprint density at radius 1 is 1.24 bits per heavy atom. The van der Waals surface area contributed by atoms with Crippen molar-refractivity contribution in [2.75, 3.05) is 0 Å². The lowest BCUT2D eigenvalue weighted by molar-refractivity contribution is 0.181. The molecule has 1 amide bonds. The highest BCUT2D eigenvalue weighted by Gasteiger charge is 2.25. The van der Waals surface area contributed by atoms with E-state index >= 15 is 0 Å². The van der Waals surface area contributed by atoms with Gasteiger partial charge in [-0.25, -0.2) is 14.2 Å². The molecule has 1 heterocycles. The highest BCUT2D eigenvalue weighted by atomic mass is 35.5. The van der Waals surface area contributed by atoms with Crippen LogP contribution in [0.25, 0.3) is 11.1 Å². The summed E-state index contributed by atoms with van der Waals surface area (Å²) < 4.78 is 13.0. The molecule has 110 valence electrons. The van der Waals surface area contributed by atoms with E-state index in [0.717, 1.165) is 11.1 Å². The molecule has 2 N–H and O–H groups in total. The van der Waals surface area contributed by atoms with Crippen molar-refractivity contribution in [2.24, 2.45) is 0 Å². The number of benzene rings is 1. The first-order chi connectivity index (χ1) is 9.78. The van der Waals surface area contributed by atoms with Gasteiger partial charge >= 0.3 is 6.09 Å². The molecule has 0 saturated heterocycles. The largest absolute Gasteiger partial charge is 0.465 e. The van der Waals surface area contributed by atoms with Crippen molar-refractivity contribution in [3.8, 4) is 11.1 Å². The number of nitrogens with one attached hydrogen (secondary N) is 1. The number of amides is 1. The molecule has 0 bridgehead atoms. The van der Waals surface area contributed by atoms with E-state index in [0.29, 0.717) is 5.69 Å². The molecular weight excluding hydrogens is 295 g/mol. The van der Waals surface area contributed by atoms with Gasteiger partial charge in [0.1, 0.15) is 11.0 Å². The zero-order valence-corrected chi connectivity index (χ0v) is 12.3. The second-order valence-electron chi connectivity index (χ2n) is 5.13. The lowest BCUT2D eigenvalue weighted by atomic mass is 9.96. The second kappa shape index (κ2) is 5.69. The first-order valence-corrected chi connectivity index (χ1v) is 6.61. The Morgan fingerprint density at radius 2 is 1.86 bits per heavy atom. The van der Waals surface area contributed by atoms with Gasteiger partial charge in [-0.2, -0.15) is 0 Å². The quantitative estimate of drug-likeness (QED) is 0.841. The van der Waals surface area contributed by atoms with Crippen LogP contribution in [0, 0.1) is 5.82 Å². The maximum Gasteiger partial charge on any atom is 0.405 e. The van der Waals surface area contributed by atoms with E-state index < -0.39 is 11.6 Å². The van der Waals surface area contributed by atoms with Gasteiger partial charge in [-0.05, 0) is 49.2 Å². The molecular formula is C15H14ClFN2O2. The lowest BCUT2D eigenvalue weighted by Gasteiger charge is -2.24. The number of hydrogen-bond acceptors (Lipinski definition) is 2. The minimum Gasteiger partial charge on any atom is -0.465 e. The fourth-order valence-electron chi connectivity index (χ4n) is 1.96. The van der Waals surface area contributed by atoms with Crippen LogP contribution >= 0.6 is 11.6 Å². The number of aromatic nitrogens is 1. The summed E-state index contributed by atoms with van der Waals surface area (Å²) >= 11 is 6.01. The number of hydrogen-bond donors (Lipinski definition) is 2. The van der Waals surface area contributed by atoms with Gasteiger partial charge in [0.15, 0.2) is 0 Å². The molecule has 0 atom stereocenters. The molecule has 0 radical (unpaired) electrons. The van der Waals surface area contributed by atoms with E-state index in [4.69, 9.17) is 16.7 Å². The van der Waals surface area contributed by atoms with Crippen LogP contribution in [0.4, 0.5) is 9.18 Å². The minimum atomic E-state index is -1.15. The van der Waals surface area contributed by atoms with Crippen molar-refractivity contribution in [1.29, 1.82) is 0 Å². The molecule has 0 aliphatic carbocycles. The molecule has 0 unspecified atom stereocenters. The standard InChI is InChI=1S/C15H14ClFN2O2/c1-15(2,19-14(20)21)12-7-10(8-13(16)18-12)9-3-5-11(17)6-4-9/h3-8,19H,1-2H3,(H,20,21). The topological polar surface area (TPSA) is 62.2 Å². The summed E-state index contributed by atoms with van der Waals surface area (Å²) in [5.41, 5.74) is 1.10. The van der Waals surface area contributed by atoms with E-state index in [1.54, 1.807) is 38.1 Å². The van der Waals surface area contributed by atoms with Gasteiger partial charge in [0, 0.05) is 0 Å². The fraction of sp³-hybridized carbons (Fsp3) is 0.200. The van der Waals surface area contributed by atoms with Crippen LogP contribution in [0.1, 0.15) is 19.5 Å². The Labute approximate surface area is 126 Å². The number of carboxylic acid groups (broad SMARTS) is 1. The zero-order valence-electron chi connectivity index (χ0n) is 11.5. The van der Waals surface area contributed by atoms with Crippen molar-refractivity contribution in [3.63, 3.8) is 0 Å². The van der Waals surface area contributed by atoms with Gasteiger partial charge in [-0.15, -0.1) is 0 Å². The molecule has 0 spiro atoms. The predicted molar refractivity (Wildman–Crippen MR) is 78.8 cm³/mol. The Morgan fingerprint density at radius 3 is 2.43 bits per heavy atom. The van der Waals surface area contributed by atoms with E-state index in [1.165, 1.54) is 12.1 Å². The summed E-state index contributed by atoms with van der Waals surface area (Å²) in [6, 6.07) is 9.34. The molecule has 0 aliphatic rings. The summed E-state index contributed by atoms with van der Waals surface area (Å²) in [4.78, 5) is 15.0. The van der Waals surface area contributed by atoms with Gasteiger partial charge in [0.05, 0.1) is 11.2 Å². The molecule has 0 fully saturated rings. The molecule has 2 rings (SSSR count). The van der Waals surface area contributed by atoms with Crippen LogP contribution in [-0.4, -0.2) is 16.2 Å². The third kappa shape index (κ3) is 3.70. The van der Waals surface area contributed by atoms with Gasteiger partial charge in [0.25, 0.3) is 0 Å². The molecule has 0 saturated carbocycles. The number of pyridine rings is 1. The first kappa shape index (κ1) is 15.3. The lowest BCUT2D eigenvalue weighted by Crippen LogP contribution is -2.40. The van der Waals surface area contributed by atoms with Crippen LogP contribution in [0.5, 0.6) is 0 Å². The van der Waals surface area contributed by atoms with Crippen LogP contribution in [0.15, 0.2) is 36.4 Å². The molecule has 1 aromatic heterocycles. The minimum absolute atomic E-state index is 0.243. The summed E-state index contributed by atoms with van der Waals surface area (Å²) in [6.45, 7) is 3.38. The smallest absolute Gasteiger partial charge is 0.405 e. The molecule has 6 heteroatoms. The van der Waals surface area contributed by atoms with Crippen molar-refractivity contribution < 1.29 is 14.3 Å². The molecule has 4 nitrogen and oxygen atoms in total. The number of nitrogens with zero attached hydrogens (tertiary/aromatic N) is 1. The van der Waals surface area contributed by atoms with Crippen molar-refractivity contribution in [2.45, 2.75) is 19.4 Å². The summed E-state index contributed by atoms with van der Waals surface area (Å²) in [7, 11) is 0. The summed E-state index contributed by atoms with van der Waals surface area (Å²) in [5, 5.41) is 11.5. The van der Waals surface area contributed by atoms with Crippen molar-refractivity contribution in [3.05, 3.63) is 53.1 Å². The fourth-order valence-corrected chi connectivity index (χ4v) is 2.17. The summed E-state index contributed by atoms with van der Waals surface area (Å²) in [5.74, 6) is -0.327.